The molecule has 2 aliphatic rings. The monoisotopic (exact) mass is 632 g/mol. The highest BCUT2D eigenvalue weighted by molar-refractivity contribution is 5.92. The minimum Gasteiger partial charge on any atom is -0.506 e. The van der Waals surface area contributed by atoms with Gasteiger partial charge in [-0.1, -0.05) is 66.6 Å². The van der Waals surface area contributed by atoms with Crippen molar-refractivity contribution in [2.45, 2.75) is 31.7 Å². The van der Waals surface area contributed by atoms with Crippen LogP contribution in [-0.4, -0.2) is 81.7 Å². The molecule has 6 rings (SSSR count). The topological polar surface area (TPSA) is 132 Å². The number of methoxy groups -OCH3 is 1. The Bertz CT molecular complexity index is 1850. The molecule has 2 aliphatic heterocycles. The molecule has 0 bridgehead atoms. The Labute approximate surface area is 273 Å². The summed E-state index contributed by atoms with van der Waals surface area (Å²) in [7, 11) is 1.59. The third-order valence-corrected chi connectivity index (χ3v) is 8.72. The van der Waals surface area contributed by atoms with Crippen molar-refractivity contribution in [3.63, 3.8) is 0 Å². The summed E-state index contributed by atoms with van der Waals surface area (Å²) < 4.78 is 5.22. The van der Waals surface area contributed by atoms with E-state index in [4.69, 9.17) is 16.9 Å². The number of nitrogen functional groups attached to an aromatic ring is 1. The van der Waals surface area contributed by atoms with Crippen molar-refractivity contribution in [2.75, 3.05) is 32.5 Å². The molecule has 2 fully saturated rings. The quantitative estimate of drug-likeness (QED) is 0.147. The molecule has 4 aromatic carbocycles. The first kappa shape index (κ1) is 31.3. The minimum atomic E-state index is -0.875. The number of piperazine rings is 1. The van der Waals surface area contributed by atoms with Crippen LogP contribution >= 0.6 is 0 Å². The number of phenolic OH excluding ortho intramolecular Hbond substituents is 1. The minimum absolute atomic E-state index is 0.0619. The SMILES string of the molecule is C#CCN(C(=O)NCc1ccc(OC)cc1)N1CC(=O)N2[C@@H](Cc3ccc(O)c(N)c3)C(=O)N(Cc3cccc4ccccc34)C[C@@H]21. The van der Waals surface area contributed by atoms with Crippen LogP contribution in [0.1, 0.15) is 16.7 Å². The molecule has 0 saturated carbocycles. The van der Waals surface area contributed by atoms with E-state index < -0.39 is 18.2 Å². The highest BCUT2D eigenvalue weighted by Crippen LogP contribution is 2.32. The Hall–Kier alpha value is -5.73. The van der Waals surface area contributed by atoms with Crippen LogP contribution in [0.25, 0.3) is 10.8 Å². The number of nitrogens with zero attached hydrogens (tertiary/aromatic N) is 4. The van der Waals surface area contributed by atoms with E-state index in [-0.39, 0.29) is 55.9 Å². The molecule has 2 saturated heterocycles. The van der Waals surface area contributed by atoms with Crippen LogP contribution in [0.5, 0.6) is 11.5 Å². The van der Waals surface area contributed by atoms with Crippen LogP contribution in [0.2, 0.25) is 0 Å². The summed E-state index contributed by atoms with van der Waals surface area (Å²) in [5.41, 5.74) is 8.67. The lowest BCUT2D eigenvalue weighted by Gasteiger charge is -2.46. The number of hydrogen-bond acceptors (Lipinski definition) is 7. The number of nitrogens with one attached hydrogen (secondary N) is 1. The van der Waals surface area contributed by atoms with Gasteiger partial charge in [0.25, 0.3) is 0 Å². The number of amides is 4. The maximum Gasteiger partial charge on any atom is 0.333 e. The molecule has 240 valence electrons. The lowest BCUT2D eigenvalue weighted by atomic mass is 9.98. The van der Waals surface area contributed by atoms with Gasteiger partial charge in [-0.15, -0.1) is 6.42 Å². The van der Waals surface area contributed by atoms with Crippen LogP contribution in [0, 0.1) is 12.3 Å². The van der Waals surface area contributed by atoms with E-state index in [1.54, 1.807) is 34.1 Å². The third-order valence-electron chi connectivity index (χ3n) is 8.72. The van der Waals surface area contributed by atoms with E-state index in [9.17, 15) is 19.5 Å². The second kappa shape index (κ2) is 13.3. The van der Waals surface area contributed by atoms with Gasteiger partial charge in [-0.25, -0.2) is 9.80 Å². The van der Waals surface area contributed by atoms with Crippen LogP contribution < -0.4 is 15.8 Å². The molecule has 4 N–H and O–H groups in total. The maximum atomic E-state index is 14.3. The Morgan fingerprint density at radius 3 is 2.55 bits per heavy atom. The van der Waals surface area contributed by atoms with Gasteiger partial charge in [-0.2, -0.15) is 5.01 Å². The van der Waals surface area contributed by atoms with E-state index in [0.717, 1.165) is 21.9 Å². The molecule has 0 unspecified atom stereocenters. The summed E-state index contributed by atoms with van der Waals surface area (Å²) in [5, 5.41) is 18.0. The number of carbonyl (C=O) groups excluding carboxylic acids is 3. The first-order valence-corrected chi connectivity index (χ1v) is 15.3. The second-order valence-corrected chi connectivity index (χ2v) is 11.6. The van der Waals surface area contributed by atoms with Crippen LogP contribution in [0.3, 0.4) is 0 Å². The van der Waals surface area contributed by atoms with Crippen molar-refractivity contribution in [1.82, 2.24) is 25.1 Å². The van der Waals surface area contributed by atoms with Gasteiger partial charge in [0, 0.05) is 19.5 Å². The molecular weight excluding hydrogens is 596 g/mol. The van der Waals surface area contributed by atoms with Gasteiger partial charge in [0.05, 0.1) is 32.4 Å². The van der Waals surface area contributed by atoms with Gasteiger partial charge < -0.3 is 30.7 Å². The largest absolute Gasteiger partial charge is 0.506 e. The van der Waals surface area contributed by atoms with Gasteiger partial charge in [0.15, 0.2) is 0 Å². The lowest BCUT2D eigenvalue weighted by molar-refractivity contribution is -0.157. The van der Waals surface area contributed by atoms with E-state index in [2.05, 4.69) is 11.2 Å². The average Bonchev–Trinajstić information content (AvgIpc) is 3.41. The number of benzene rings is 4. The zero-order valence-corrected chi connectivity index (χ0v) is 26.0. The lowest BCUT2D eigenvalue weighted by Crippen LogP contribution is -2.66. The van der Waals surface area contributed by atoms with E-state index >= 15 is 0 Å². The first-order chi connectivity index (χ1) is 22.8. The summed E-state index contributed by atoms with van der Waals surface area (Å²) >= 11 is 0. The van der Waals surface area contributed by atoms with Gasteiger partial charge in [-0.3, -0.25) is 9.59 Å². The molecule has 11 heteroatoms. The van der Waals surface area contributed by atoms with Crippen molar-refractivity contribution in [2.24, 2.45) is 0 Å². The van der Waals surface area contributed by atoms with Crippen molar-refractivity contribution in [3.05, 3.63) is 102 Å². The van der Waals surface area contributed by atoms with Crippen molar-refractivity contribution in [3.8, 4) is 23.8 Å². The van der Waals surface area contributed by atoms with Gasteiger partial charge >= 0.3 is 6.03 Å². The zero-order chi connectivity index (χ0) is 33.1. The summed E-state index contributed by atoms with van der Waals surface area (Å²) in [4.78, 5) is 44.9. The molecule has 47 heavy (non-hydrogen) atoms. The fourth-order valence-corrected chi connectivity index (χ4v) is 6.36. The molecule has 0 spiro atoms. The van der Waals surface area contributed by atoms with Gasteiger partial charge in [0.2, 0.25) is 11.8 Å². The number of anilines is 1. The molecule has 4 aromatic rings. The fraction of sp³-hybridized carbons (Fsp3) is 0.250. The Balaban J connectivity index is 1.31. The Morgan fingerprint density at radius 2 is 1.81 bits per heavy atom. The molecule has 2 heterocycles. The number of fused-ring (bicyclic) bond motifs is 2. The zero-order valence-electron chi connectivity index (χ0n) is 26.0. The van der Waals surface area contributed by atoms with Crippen LogP contribution in [-0.2, 0) is 29.1 Å². The Kier molecular flexibility index (Phi) is 8.86. The molecule has 0 aromatic heterocycles. The van der Waals surface area contributed by atoms with Crippen LogP contribution in [0.15, 0.2) is 84.9 Å². The van der Waals surface area contributed by atoms with Crippen molar-refractivity contribution >= 4 is 34.3 Å². The number of ether oxygens (including phenoxy) is 1. The van der Waals surface area contributed by atoms with E-state index in [1.165, 1.54) is 11.1 Å². The third kappa shape index (κ3) is 6.36. The van der Waals surface area contributed by atoms with Gasteiger partial charge in [-0.05, 0) is 51.7 Å². The average molecular weight is 633 g/mol. The predicted octanol–water partition coefficient (Wildman–Crippen LogP) is 3.32. The number of terminal acetylenes is 1. The summed E-state index contributed by atoms with van der Waals surface area (Å²) in [6.45, 7) is 0.486. The first-order valence-electron chi connectivity index (χ1n) is 15.3. The molecule has 2 atom stereocenters. The van der Waals surface area contributed by atoms with E-state index in [0.29, 0.717) is 17.9 Å². The Morgan fingerprint density at radius 1 is 1.06 bits per heavy atom. The number of hydrazine groups is 1. The number of nitrogens with two attached hydrogens (primary N) is 1. The molecule has 4 amide bonds. The standard InChI is InChI=1S/C36H36N6O5/c1-3-17-40(36(46)38-20-24-11-14-28(47-2)15-12-24)41-23-34(44)42-31(19-25-13-16-32(43)30(37)18-25)35(45)39(22-33(41)42)21-27-9-6-8-26-7-4-5-10-29(26)27/h1,4-16,18,31,33,43H,17,19-23,37H2,2H3,(H,38,46)/t31-,33+/m0/s1. The molecule has 11 nitrogen and oxygen atoms in total. The molecular formula is C36H36N6O5. The van der Waals surface area contributed by atoms with E-state index in [1.807, 2.05) is 66.7 Å². The number of hydrogen-bond donors (Lipinski definition) is 3. The highest BCUT2D eigenvalue weighted by Gasteiger charge is 2.52. The maximum absolute atomic E-state index is 14.3. The van der Waals surface area contributed by atoms with Gasteiger partial charge in [0.1, 0.15) is 23.7 Å². The number of rotatable bonds is 9. The smallest absolute Gasteiger partial charge is 0.333 e. The number of urea groups is 1. The fourth-order valence-electron chi connectivity index (χ4n) is 6.36. The number of aromatic hydroxyl groups is 1. The normalized spacial score (nSPS) is 17.8. The summed E-state index contributed by atoms with van der Waals surface area (Å²) in [6, 6.07) is 24.7. The number of phenols is 1. The van der Waals surface area contributed by atoms with Crippen LogP contribution in [0.4, 0.5) is 10.5 Å². The number of carbonyl (C=O) groups is 3. The second-order valence-electron chi connectivity index (χ2n) is 11.6. The highest BCUT2D eigenvalue weighted by atomic mass is 16.5. The van der Waals surface area contributed by atoms with Crippen molar-refractivity contribution in [1.29, 1.82) is 0 Å². The summed E-state index contributed by atoms with van der Waals surface area (Å²) in [5.74, 6) is 2.68. The molecule has 0 aliphatic carbocycles. The summed E-state index contributed by atoms with van der Waals surface area (Å²) in [6.07, 6.45) is 5.24. The molecule has 0 radical (unpaired) electrons. The predicted molar refractivity (Wildman–Crippen MR) is 177 cm³/mol. The van der Waals surface area contributed by atoms with Crippen molar-refractivity contribution < 1.29 is 24.2 Å².